The summed E-state index contributed by atoms with van der Waals surface area (Å²) in [4.78, 5) is 4.55. The summed E-state index contributed by atoms with van der Waals surface area (Å²) >= 11 is 1.66. The molecule has 0 amide bonds. The highest BCUT2D eigenvalue weighted by atomic mass is 32.1. The molecule has 0 radical (unpaired) electrons. The van der Waals surface area contributed by atoms with Gasteiger partial charge >= 0.3 is 0 Å². The van der Waals surface area contributed by atoms with E-state index in [4.69, 9.17) is 5.73 Å². The molecule has 0 aliphatic carbocycles. The number of nitrogens with two attached hydrogens (primary N) is 1. The molecule has 2 N–H and O–H groups in total. The third kappa shape index (κ3) is 2.51. The molecule has 0 fully saturated rings. The van der Waals surface area contributed by atoms with Crippen molar-refractivity contribution in [1.82, 2.24) is 4.98 Å². The van der Waals surface area contributed by atoms with Gasteiger partial charge in [0.05, 0.1) is 11.2 Å². The van der Waals surface area contributed by atoms with Crippen LogP contribution in [0.25, 0.3) is 0 Å². The van der Waals surface area contributed by atoms with Crippen LogP contribution in [0.5, 0.6) is 0 Å². The number of aromatic nitrogens is 1. The highest BCUT2D eigenvalue weighted by Gasteiger charge is 2.19. The van der Waals surface area contributed by atoms with Crippen LogP contribution in [0.4, 0.5) is 0 Å². The number of thiazole rings is 1. The van der Waals surface area contributed by atoms with E-state index in [2.05, 4.69) is 24.2 Å². The van der Waals surface area contributed by atoms with Crippen molar-refractivity contribution in [3.05, 3.63) is 16.1 Å². The summed E-state index contributed by atoms with van der Waals surface area (Å²) in [5, 5.41) is 3.15. The van der Waals surface area contributed by atoms with Gasteiger partial charge < -0.3 is 5.73 Å². The van der Waals surface area contributed by atoms with Crippen molar-refractivity contribution >= 4 is 11.3 Å². The minimum atomic E-state index is -0.295. The molecule has 1 rings (SSSR count). The maximum atomic E-state index is 5.96. The van der Waals surface area contributed by atoms with Crippen LogP contribution in [-0.4, -0.2) is 4.98 Å². The van der Waals surface area contributed by atoms with Crippen molar-refractivity contribution in [2.45, 2.75) is 45.6 Å². The Morgan fingerprint density at radius 3 is 2.62 bits per heavy atom. The molecule has 74 valence electrons. The van der Waals surface area contributed by atoms with E-state index >= 15 is 0 Å². The van der Waals surface area contributed by atoms with Crippen molar-refractivity contribution < 1.29 is 0 Å². The van der Waals surface area contributed by atoms with Gasteiger partial charge in [0.15, 0.2) is 0 Å². The molecular weight excluding hydrogens is 180 g/mol. The molecule has 1 aromatic rings. The van der Waals surface area contributed by atoms with Crippen molar-refractivity contribution in [3.63, 3.8) is 0 Å². The fourth-order valence-electron chi connectivity index (χ4n) is 1.02. The molecule has 1 heterocycles. The van der Waals surface area contributed by atoms with E-state index in [9.17, 15) is 0 Å². The summed E-state index contributed by atoms with van der Waals surface area (Å²) in [5.74, 6) is 0.548. The fraction of sp³-hybridized carbons (Fsp3) is 0.700. The molecule has 0 aliphatic rings. The van der Waals surface area contributed by atoms with Gasteiger partial charge in [0.1, 0.15) is 5.01 Å². The molecule has 13 heavy (non-hydrogen) atoms. The first-order chi connectivity index (χ1) is 5.95. The Balaban J connectivity index is 2.87. The molecule has 0 bridgehead atoms. The zero-order chi connectivity index (χ0) is 10.1. The minimum absolute atomic E-state index is 0.295. The molecule has 1 aromatic heterocycles. The van der Waals surface area contributed by atoms with Crippen LogP contribution in [0.3, 0.4) is 0 Å². The third-order valence-corrected chi connectivity index (χ3v) is 3.39. The third-order valence-electron chi connectivity index (χ3n) is 2.19. The lowest BCUT2D eigenvalue weighted by Gasteiger charge is -2.14. The van der Waals surface area contributed by atoms with E-state index in [-0.39, 0.29) is 5.54 Å². The molecule has 0 aromatic carbocycles. The van der Waals surface area contributed by atoms with Gasteiger partial charge in [0, 0.05) is 5.38 Å². The molecule has 0 saturated carbocycles. The summed E-state index contributed by atoms with van der Waals surface area (Å²) in [6.07, 6.45) is 1.13. The lowest BCUT2D eigenvalue weighted by molar-refractivity contribution is 0.545. The Bertz CT molecular complexity index is 273. The highest BCUT2D eigenvalue weighted by molar-refractivity contribution is 7.09. The fourth-order valence-corrected chi connectivity index (χ4v) is 2.00. The van der Waals surface area contributed by atoms with Crippen LogP contribution in [0.15, 0.2) is 5.38 Å². The smallest absolute Gasteiger partial charge is 0.112 e. The zero-order valence-electron chi connectivity index (χ0n) is 8.79. The summed E-state index contributed by atoms with van der Waals surface area (Å²) < 4.78 is 0. The monoisotopic (exact) mass is 198 g/mol. The minimum Gasteiger partial charge on any atom is -0.320 e. The second kappa shape index (κ2) is 3.76. The summed E-state index contributed by atoms with van der Waals surface area (Å²) in [5.41, 5.74) is 6.85. The van der Waals surface area contributed by atoms with Crippen LogP contribution in [0.2, 0.25) is 0 Å². The van der Waals surface area contributed by atoms with E-state index in [0.29, 0.717) is 5.92 Å². The summed E-state index contributed by atoms with van der Waals surface area (Å²) in [6.45, 7) is 8.36. The van der Waals surface area contributed by atoms with Crippen LogP contribution >= 0.6 is 11.3 Å². The molecule has 3 heteroatoms. The molecule has 2 nitrogen and oxygen atoms in total. The van der Waals surface area contributed by atoms with Crippen LogP contribution in [0, 0.1) is 0 Å². The lowest BCUT2D eigenvalue weighted by Crippen LogP contribution is -2.28. The van der Waals surface area contributed by atoms with Gasteiger partial charge in [-0.25, -0.2) is 4.98 Å². The lowest BCUT2D eigenvalue weighted by atomic mass is 10.1. The second-order valence-electron chi connectivity index (χ2n) is 4.11. The van der Waals surface area contributed by atoms with Crippen molar-refractivity contribution in [2.24, 2.45) is 5.73 Å². The van der Waals surface area contributed by atoms with Crippen molar-refractivity contribution in [2.75, 3.05) is 0 Å². The first kappa shape index (κ1) is 10.7. The quantitative estimate of drug-likeness (QED) is 0.811. The van der Waals surface area contributed by atoms with Gasteiger partial charge in [-0.2, -0.15) is 0 Å². The summed E-state index contributed by atoms with van der Waals surface area (Å²) in [7, 11) is 0. The van der Waals surface area contributed by atoms with E-state index in [1.807, 2.05) is 13.8 Å². The molecule has 0 spiro atoms. The van der Waals surface area contributed by atoms with Gasteiger partial charge in [-0.1, -0.05) is 13.8 Å². The molecule has 0 saturated heterocycles. The molecule has 1 atom stereocenters. The number of rotatable bonds is 3. The Labute approximate surface area is 84.2 Å². The summed E-state index contributed by atoms with van der Waals surface area (Å²) in [6, 6.07) is 0. The van der Waals surface area contributed by atoms with E-state index < -0.39 is 0 Å². The van der Waals surface area contributed by atoms with E-state index in [1.54, 1.807) is 11.3 Å². The molecular formula is C10H18N2S. The maximum Gasteiger partial charge on any atom is 0.112 e. The predicted octanol–water partition coefficient (Wildman–Crippen LogP) is 2.85. The van der Waals surface area contributed by atoms with Crippen LogP contribution in [0.1, 0.15) is 50.7 Å². The Morgan fingerprint density at radius 2 is 2.23 bits per heavy atom. The highest BCUT2D eigenvalue weighted by Crippen LogP contribution is 2.26. The largest absolute Gasteiger partial charge is 0.320 e. The Hall–Kier alpha value is -0.410. The average molecular weight is 198 g/mol. The standard InChI is InChI=1S/C10H18N2S/c1-5-7(2)8-6-13-9(12-8)10(3,4)11/h6-7H,5,11H2,1-4H3. The topological polar surface area (TPSA) is 38.9 Å². The first-order valence-electron chi connectivity index (χ1n) is 4.70. The maximum absolute atomic E-state index is 5.96. The molecule has 1 unspecified atom stereocenters. The van der Waals surface area contributed by atoms with E-state index in [1.165, 1.54) is 5.69 Å². The Kier molecular flexibility index (Phi) is 3.09. The average Bonchev–Trinajstić information content (AvgIpc) is 2.50. The Morgan fingerprint density at radius 1 is 1.62 bits per heavy atom. The zero-order valence-corrected chi connectivity index (χ0v) is 9.61. The first-order valence-corrected chi connectivity index (χ1v) is 5.58. The number of hydrogen-bond donors (Lipinski definition) is 1. The second-order valence-corrected chi connectivity index (χ2v) is 4.97. The van der Waals surface area contributed by atoms with Gasteiger partial charge in [-0.3, -0.25) is 0 Å². The number of nitrogens with zero attached hydrogens (tertiary/aromatic N) is 1. The van der Waals surface area contributed by atoms with Gasteiger partial charge in [0.2, 0.25) is 0 Å². The van der Waals surface area contributed by atoms with E-state index in [0.717, 1.165) is 11.4 Å². The predicted molar refractivity (Wildman–Crippen MR) is 58.0 cm³/mol. The van der Waals surface area contributed by atoms with Crippen LogP contribution in [-0.2, 0) is 5.54 Å². The van der Waals surface area contributed by atoms with Crippen molar-refractivity contribution in [1.29, 1.82) is 0 Å². The van der Waals surface area contributed by atoms with Gasteiger partial charge in [0.25, 0.3) is 0 Å². The van der Waals surface area contributed by atoms with Gasteiger partial charge in [-0.05, 0) is 26.2 Å². The molecule has 0 aliphatic heterocycles. The SMILES string of the molecule is CCC(C)c1csc(C(C)(C)N)n1. The van der Waals surface area contributed by atoms with Crippen LogP contribution < -0.4 is 5.73 Å². The normalized spacial score (nSPS) is 14.5. The van der Waals surface area contributed by atoms with Gasteiger partial charge in [-0.15, -0.1) is 11.3 Å². The number of hydrogen-bond acceptors (Lipinski definition) is 3. The van der Waals surface area contributed by atoms with Crippen molar-refractivity contribution in [3.8, 4) is 0 Å².